The van der Waals surface area contributed by atoms with Crippen LogP contribution in [0, 0.1) is 0 Å². The van der Waals surface area contributed by atoms with Crippen molar-refractivity contribution in [1.82, 2.24) is 5.32 Å². The molecule has 0 aromatic carbocycles. The quantitative estimate of drug-likeness (QED) is 0.862. The van der Waals surface area contributed by atoms with E-state index >= 15 is 0 Å². The first kappa shape index (κ1) is 15.0. The highest BCUT2D eigenvalue weighted by atomic mass is 35.5. The topological polar surface area (TPSA) is 55.4 Å². The Kier molecular flexibility index (Phi) is 5.16. The molecule has 0 saturated carbocycles. The van der Waals surface area contributed by atoms with Gasteiger partial charge in [0.25, 0.3) is 0 Å². The zero-order chi connectivity index (χ0) is 13.8. The minimum absolute atomic E-state index is 0.166. The van der Waals surface area contributed by atoms with Crippen molar-refractivity contribution >= 4 is 35.3 Å². The van der Waals surface area contributed by atoms with Gasteiger partial charge < -0.3 is 14.8 Å². The third-order valence-electron chi connectivity index (χ3n) is 1.98. The highest BCUT2D eigenvalue weighted by Gasteiger charge is 2.22. The van der Waals surface area contributed by atoms with Crippen LogP contribution in [0.5, 0.6) is 0 Å². The molecule has 1 aromatic rings. The van der Waals surface area contributed by atoms with Crippen LogP contribution in [0.2, 0.25) is 5.02 Å². The molecule has 1 heterocycles. The molecule has 1 atom stereocenters. The van der Waals surface area contributed by atoms with Crippen molar-refractivity contribution in [2.45, 2.75) is 38.8 Å². The summed E-state index contributed by atoms with van der Waals surface area (Å²) in [6.07, 6.45) is 0.358. The maximum absolute atomic E-state index is 11.7. The number of hydrogen-bond acceptors (Lipinski definition) is 4. The second-order valence-corrected chi connectivity index (χ2v) is 6.09. The molecule has 100 valence electrons. The van der Waals surface area contributed by atoms with Crippen LogP contribution in [0.15, 0.2) is 11.4 Å². The molecule has 0 spiro atoms. The molecule has 18 heavy (non-hydrogen) atoms. The number of hydrogen-bond donors (Lipinski definition) is 1. The van der Waals surface area contributed by atoms with Crippen molar-refractivity contribution in [3.63, 3.8) is 0 Å². The Morgan fingerprint density at radius 1 is 1.61 bits per heavy atom. The fourth-order valence-corrected chi connectivity index (χ4v) is 2.59. The maximum Gasteiger partial charge on any atom is 0.408 e. The van der Waals surface area contributed by atoms with Gasteiger partial charge in [0.2, 0.25) is 0 Å². The van der Waals surface area contributed by atoms with Crippen LogP contribution < -0.4 is 5.32 Å². The summed E-state index contributed by atoms with van der Waals surface area (Å²) in [6.45, 7) is 5.33. The molecule has 0 unspecified atom stereocenters. The summed E-state index contributed by atoms with van der Waals surface area (Å²) in [4.78, 5) is 23.1. The van der Waals surface area contributed by atoms with Crippen molar-refractivity contribution in [2.24, 2.45) is 0 Å². The molecular weight excluding hydrogens is 274 g/mol. The minimum Gasteiger partial charge on any atom is -0.444 e. The lowest BCUT2D eigenvalue weighted by atomic mass is 10.2. The first-order chi connectivity index (χ1) is 8.33. The van der Waals surface area contributed by atoms with E-state index in [-0.39, 0.29) is 6.42 Å². The summed E-state index contributed by atoms with van der Waals surface area (Å²) < 4.78 is 5.15. The highest BCUT2D eigenvalue weighted by Crippen LogP contribution is 2.30. The van der Waals surface area contributed by atoms with Gasteiger partial charge in [-0.05, 0) is 32.2 Å². The predicted molar refractivity (Wildman–Crippen MR) is 72.1 cm³/mol. The van der Waals surface area contributed by atoms with E-state index in [0.717, 1.165) is 11.2 Å². The second kappa shape index (κ2) is 6.20. The number of thiophene rings is 1. The Morgan fingerprint density at radius 2 is 2.28 bits per heavy atom. The van der Waals surface area contributed by atoms with E-state index in [9.17, 15) is 9.59 Å². The Balaban J connectivity index is 2.73. The normalized spacial score (nSPS) is 12.9. The summed E-state index contributed by atoms with van der Waals surface area (Å²) in [6, 6.07) is 1.29. The average molecular weight is 290 g/mol. The Morgan fingerprint density at radius 3 is 2.72 bits per heavy atom. The fraction of sp³-hybridized carbons (Fsp3) is 0.500. The lowest BCUT2D eigenvalue weighted by Crippen LogP contribution is -2.35. The van der Waals surface area contributed by atoms with Gasteiger partial charge in [-0.3, -0.25) is 0 Å². The third kappa shape index (κ3) is 4.66. The smallest absolute Gasteiger partial charge is 0.408 e. The number of carbonyl (C=O) groups excluding carboxylic acids is 2. The van der Waals surface area contributed by atoms with E-state index in [4.69, 9.17) is 16.3 Å². The number of rotatable bonds is 4. The summed E-state index contributed by atoms with van der Waals surface area (Å²) in [5, 5.41) is 5.01. The predicted octanol–water partition coefficient (Wildman–Crippen LogP) is 3.56. The standard InChI is InChI=1S/C12H16ClNO3S/c1-12(2,3)17-11(16)14-9(4-6-15)10-8(13)5-7-18-10/h5-7,9H,4H2,1-3H3,(H,14,16)/t9-/m0/s1. The van der Waals surface area contributed by atoms with Gasteiger partial charge in [0.1, 0.15) is 11.9 Å². The Hall–Kier alpha value is -1.07. The van der Waals surface area contributed by atoms with E-state index in [1.807, 2.05) is 5.38 Å². The van der Waals surface area contributed by atoms with E-state index in [2.05, 4.69) is 5.32 Å². The largest absolute Gasteiger partial charge is 0.444 e. The molecule has 1 N–H and O–H groups in total. The minimum atomic E-state index is -0.574. The zero-order valence-electron chi connectivity index (χ0n) is 10.5. The zero-order valence-corrected chi connectivity index (χ0v) is 12.1. The monoisotopic (exact) mass is 289 g/mol. The number of amides is 1. The molecule has 4 nitrogen and oxygen atoms in total. The van der Waals surface area contributed by atoms with Crippen LogP contribution in [-0.2, 0) is 9.53 Å². The molecule has 1 aromatic heterocycles. The van der Waals surface area contributed by atoms with Gasteiger partial charge in [-0.15, -0.1) is 11.3 Å². The van der Waals surface area contributed by atoms with Gasteiger partial charge in [0, 0.05) is 11.3 Å². The lowest BCUT2D eigenvalue weighted by Gasteiger charge is -2.22. The van der Waals surface area contributed by atoms with Gasteiger partial charge in [-0.25, -0.2) is 4.79 Å². The van der Waals surface area contributed by atoms with E-state index in [1.165, 1.54) is 11.3 Å². The Bertz CT molecular complexity index is 425. The maximum atomic E-state index is 11.7. The van der Waals surface area contributed by atoms with Gasteiger partial charge in [-0.2, -0.15) is 0 Å². The molecule has 6 heteroatoms. The van der Waals surface area contributed by atoms with Crippen LogP contribution in [0.1, 0.15) is 38.1 Å². The van der Waals surface area contributed by atoms with Crippen LogP contribution in [-0.4, -0.2) is 18.0 Å². The molecular formula is C12H16ClNO3S. The van der Waals surface area contributed by atoms with Crippen LogP contribution in [0.4, 0.5) is 4.79 Å². The molecule has 0 radical (unpaired) electrons. The van der Waals surface area contributed by atoms with Crippen LogP contribution >= 0.6 is 22.9 Å². The molecule has 0 aliphatic rings. The number of halogens is 1. The average Bonchev–Trinajstić information content (AvgIpc) is 2.60. The first-order valence-electron chi connectivity index (χ1n) is 5.49. The molecule has 0 bridgehead atoms. The lowest BCUT2D eigenvalue weighted by molar-refractivity contribution is -0.108. The van der Waals surface area contributed by atoms with Gasteiger partial charge in [0.05, 0.1) is 11.1 Å². The summed E-state index contributed by atoms with van der Waals surface area (Å²) >= 11 is 7.39. The number of ether oxygens (including phenoxy) is 1. The first-order valence-corrected chi connectivity index (χ1v) is 6.75. The summed E-state index contributed by atoms with van der Waals surface area (Å²) in [7, 11) is 0. The van der Waals surface area contributed by atoms with Gasteiger partial charge >= 0.3 is 6.09 Å². The van der Waals surface area contributed by atoms with Crippen LogP contribution in [0.3, 0.4) is 0 Å². The molecule has 0 aliphatic carbocycles. The van der Waals surface area contributed by atoms with E-state index in [1.54, 1.807) is 26.8 Å². The van der Waals surface area contributed by atoms with E-state index < -0.39 is 17.7 Å². The van der Waals surface area contributed by atoms with Gasteiger partial charge in [0.15, 0.2) is 0 Å². The van der Waals surface area contributed by atoms with Crippen LogP contribution in [0.25, 0.3) is 0 Å². The molecule has 0 aliphatic heterocycles. The van der Waals surface area contributed by atoms with Gasteiger partial charge in [-0.1, -0.05) is 11.6 Å². The Labute approximate surface area is 115 Å². The van der Waals surface area contributed by atoms with Crippen molar-refractivity contribution in [3.8, 4) is 0 Å². The third-order valence-corrected chi connectivity index (χ3v) is 3.46. The molecule has 1 amide bonds. The number of alkyl carbamates (subject to hydrolysis) is 1. The molecule has 1 rings (SSSR count). The fourth-order valence-electron chi connectivity index (χ4n) is 1.33. The summed E-state index contributed by atoms with van der Waals surface area (Å²) in [5.74, 6) is 0. The van der Waals surface area contributed by atoms with Crippen molar-refractivity contribution in [2.75, 3.05) is 0 Å². The van der Waals surface area contributed by atoms with Crippen molar-refractivity contribution < 1.29 is 14.3 Å². The number of nitrogens with one attached hydrogen (secondary N) is 1. The SMILES string of the molecule is CC(C)(C)OC(=O)N[C@@H](CC=O)c1sccc1Cl. The molecule has 0 saturated heterocycles. The second-order valence-electron chi connectivity index (χ2n) is 4.73. The van der Waals surface area contributed by atoms with Crippen molar-refractivity contribution in [3.05, 3.63) is 21.3 Å². The van der Waals surface area contributed by atoms with E-state index in [0.29, 0.717) is 5.02 Å². The van der Waals surface area contributed by atoms with Crippen molar-refractivity contribution in [1.29, 1.82) is 0 Å². The highest BCUT2D eigenvalue weighted by molar-refractivity contribution is 7.10. The summed E-state index contributed by atoms with van der Waals surface area (Å²) in [5.41, 5.74) is -0.574. The number of carbonyl (C=O) groups is 2. The number of aldehydes is 1. The molecule has 0 fully saturated rings.